The summed E-state index contributed by atoms with van der Waals surface area (Å²) in [5.41, 5.74) is 2.66. The van der Waals surface area contributed by atoms with Gasteiger partial charge in [0.15, 0.2) is 5.96 Å². The molecule has 1 aromatic carbocycles. The van der Waals surface area contributed by atoms with Crippen molar-refractivity contribution in [3.8, 4) is 0 Å². The van der Waals surface area contributed by atoms with Crippen LogP contribution < -0.4 is 10.6 Å². The number of morpholine rings is 1. The van der Waals surface area contributed by atoms with E-state index >= 15 is 0 Å². The minimum absolute atomic E-state index is 0. The number of aliphatic imine (C=N–C) groups is 1. The maximum absolute atomic E-state index is 5.42. The highest BCUT2D eigenvalue weighted by Gasteiger charge is 2.10. The van der Waals surface area contributed by atoms with Crippen LogP contribution in [0.1, 0.15) is 43.7 Å². The minimum atomic E-state index is 0. The van der Waals surface area contributed by atoms with Gasteiger partial charge in [-0.05, 0) is 17.5 Å². The standard InChI is InChI=1S/C20H34N4O.HI/c1-3-4-5-6-10-22-20(21-2)23-16-18-8-7-9-19(15-18)17-24-11-13-25-14-12-24;/h7-9,15H,3-6,10-14,16-17H2,1-2H3,(H2,21,22,23);1H. The smallest absolute Gasteiger partial charge is 0.191 e. The first-order chi connectivity index (χ1) is 12.3. The largest absolute Gasteiger partial charge is 0.379 e. The number of rotatable bonds is 9. The molecule has 1 saturated heterocycles. The molecule has 0 radical (unpaired) electrons. The van der Waals surface area contributed by atoms with Crippen molar-refractivity contribution in [2.24, 2.45) is 4.99 Å². The summed E-state index contributed by atoms with van der Waals surface area (Å²) < 4.78 is 5.42. The van der Waals surface area contributed by atoms with E-state index in [4.69, 9.17) is 4.74 Å². The number of hydrogen-bond donors (Lipinski definition) is 2. The van der Waals surface area contributed by atoms with E-state index in [9.17, 15) is 0 Å². The molecule has 1 aromatic rings. The second kappa shape index (κ2) is 14.2. The van der Waals surface area contributed by atoms with Crippen molar-refractivity contribution in [1.29, 1.82) is 0 Å². The van der Waals surface area contributed by atoms with Crippen molar-refractivity contribution < 1.29 is 4.74 Å². The molecule has 0 unspecified atom stereocenters. The first-order valence-electron chi connectivity index (χ1n) is 9.64. The molecule has 0 spiro atoms. The van der Waals surface area contributed by atoms with Crippen molar-refractivity contribution in [3.05, 3.63) is 35.4 Å². The molecule has 1 aliphatic rings. The maximum Gasteiger partial charge on any atom is 0.191 e. The van der Waals surface area contributed by atoms with Gasteiger partial charge in [0.2, 0.25) is 0 Å². The quantitative estimate of drug-likeness (QED) is 0.250. The van der Waals surface area contributed by atoms with Crippen molar-refractivity contribution in [2.75, 3.05) is 39.9 Å². The molecule has 2 N–H and O–H groups in total. The molecule has 6 heteroatoms. The molecule has 0 saturated carbocycles. The first-order valence-corrected chi connectivity index (χ1v) is 9.64. The van der Waals surface area contributed by atoms with E-state index in [1.54, 1.807) is 0 Å². The zero-order valence-corrected chi connectivity index (χ0v) is 18.6. The van der Waals surface area contributed by atoms with Gasteiger partial charge >= 0.3 is 0 Å². The summed E-state index contributed by atoms with van der Waals surface area (Å²) in [5, 5.41) is 6.81. The summed E-state index contributed by atoms with van der Waals surface area (Å²) in [6.45, 7) is 8.77. The molecule has 0 aliphatic carbocycles. The molecule has 1 fully saturated rings. The minimum Gasteiger partial charge on any atom is -0.379 e. The van der Waals surface area contributed by atoms with E-state index in [-0.39, 0.29) is 24.0 Å². The molecule has 1 aliphatic heterocycles. The van der Waals surface area contributed by atoms with Crippen LogP contribution in [0.3, 0.4) is 0 Å². The van der Waals surface area contributed by atoms with Gasteiger partial charge in [-0.25, -0.2) is 0 Å². The van der Waals surface area contributed by atoms with E-state index in [1.165, 1.54) is 36.8 Å². The highest BCUT2D eigenvalue weighted by molar-refractivity contribution is 14.0. The molecule has 0 bridgehead atoms. The number of guanidine groups is 1. The van der Waals surface area contributed by atoms with Crippen LogP contribution in [0.15, 0.2) is 29.3 Å². The fourth-order valence-electron chi connectivity index (χ4n) is 3.02. The molecule has 5 nitrogen and oxygen atoms in total. The zero-order chi connectivity index (χ0) is 17.7. The number of nitrogens with zero attached hydrogens (tertiary/aromatic N) is 2. The molecular formula is C20H35IN4O. The van der Waals surface area contributed by atoms with Crippen LogP contribution in [0.4, 0.5) is 0 Å². The number of nitrogens with one attached hydrogen (secondary N) is 2. The van der Waals surface area contributed by atoms with Crippen molar-refractivity contribution >= 4 is 29.9 Å². The monoisotopic (exact) mass is 474 g/mol. The predicted octanol–water partition coefficient (Wildman–Crippen LogP) is 3.38. The summed E-state index contributed by atoms with van der Waals surface area (Å²) in [7, 11) is 1.83. The van der Waals surface area contributed by atoms with E-state index in [0.717, 1.165) is 51.9 Å². The Labute approximate surface area is 176 Å². The van der Waals surface area contributed by atoms with Crippen LogP contribution in [0.5, 0.6) is 0 Å². The van der Waals surface area contributed by atoms with Gasteiger partial charge in [0.25, 0.3) is 0 Å². The Bertz CT molecular complexity index is 518. The lowest BCUT2D eigenvalue weighted by atomic mass is 10.1. The third kappa shape index (κ3) is 9.19. The average Bonchev–Trinajstić information content (AvgIpc) is 2.65. The van der Waals surface area contributed by atoms with Gasteiger partial charge in [0.05, 0.1) is 13.2 Å². The first kappa shape index (κ1) is 23.2. The van der Waals surface area contributed by atoms with Gasteiger partial charge in [-0.1, -0.05) is 50.5 Å². The maximum atomic E-state index is 5.42. The summed E-state index contributed by atoms with van der Waals surface area (Å²) >= 11 is 0. The lowest BCUT2D eigenvalue weighted by Gasteiger charge is -2.26. The third-order valence-electron chi connectivity index (χ3n) is 4.51. The summed E-state index contributed by atoms with van der Waals surface area (Å²) in [4.78, 5) is 6.76. The van der Waals surface area contributed by atoms with Crippen LogP contribution in [-0.4, -0.2) is 50.8 Å². The van der Waals surface area contributed by atoms with E-state index in [1.807, 2.05) is 7.05 Å². The normalized spacial score (nSPS) is 15.4. The van der Waals surface area contributed by atoms with Gasteiger partial charge in [-0.3, -0.25) is 9.89 Å². The van der Waals surface area contributed by atoms with Gasteiger partial charge in [-0.15, -0.1) is 24.0 Å². The Kier molecular flexibility index (Phi) is 12.7. The van der Waals surface area contributed by atoms with Crippen LogP contribution in [-0.2, 0) is 17.8 Å². The van der Waals surface area contributed by atoms with Crippen molar-refractivity contribution in [3.63, 3.8) is 0 Å². The number of benzene rings is 1. The zero-order valence-electron chi connectivity index (χ0n) is 16.3. The Morgan fingerprint density at radius 1 is 1.12 bits per heavy atom. The topological polar surface area (TPSA) is 48.9 Å². The molecule has 0 amide bonds. The molecule has 26 heavy (non-hydrogen) atoms. The van der Waals surface area contributed by atoms with Gasteiger partial charge in [-0.2, -0.15) is 0 Å². The number of ether oxygens (including phenoxy) is 1. The Morgan fingerprint density at radius 3 is 2.62 bits per heavy atom. The highest BCUT2D eigenvalue weighted by Crippen LogP contribution is 2.10. The lowest BCUT2D eigenvalue weighted by molar-refractivity contribution is 0.0342. The third-order valence-corrected chi connectivity index (χ3v) is 4.51. The molecule has 0 aromatic heterocycles. The van der Waals surface area contributed by atoms with E-state index in [0.29, 0.717) is 0 Å². The molecule has 1 heterocycles. The fourth-order valence-corrected chi connectivity index (χ4v) is 3.02. The predicted molar refractivity (Wildman–Crippen MR) is 120 cm³/mol. The van der Waals surface area contributed by atoms with Crippen LogP contribution in [0.2, 0.25) is 0 Å². The molecular weight excluding hydrogens is 439 g/mol. The molecule has 148 valence electrons. The Morgan fingerprint density at radius 2 is 1.88 bits per heavy atom. The number of halogens is 1. The van der Waals surface area contributed by atoms with Crippen molar-refractivity contribution in [1.82, 2.24) is 15.5 Å². The Balaban J connectivity index is 0.00000338. The van der Waals surface area contributed by atoms with Crippen LogP contribution in [0.25, 0.3) is 0 Å². The Hall–Kier alpha value is -0.860. The van der Waals surface area contributed by atoms with E-state index in [2.05, 4.69) is 51.7 Å². The van der Waals surface area contributed by atoms with Crippen molar-refractivity contribution in [2.45, 2.75) is 45.7 Å². The summed E-state index contributed by atoms with van der Waals surface area (Å²) in [5.74, 6) is 0.884. The van der Waals surface area contributed by atoms with E-state index < -0.39 is 0 Å². The van der Waals surface area contributed by atoms with Gasteiger partial charge in [0.1, 0.15) is 0 Å². The van der Waals surface area contributed by atoms with Crippen LogP contribution >= 0.6 is 24.0 Å². The second-order valence-corrected chi connectivity index (χ2v) is 6.62. The summed E-state index contributed by atoms with van der Waals surface area (Å²) in [6.07, 6.45) is 5.06. The summed E-state index contributed by atoms with van der Waals surface area (Å²) in [6, 6.07) is 8.81. The van der Waals surface area contributed by atoms with Gasteiger partial charge < -0.3 is 15.4 Å². The second-order valence-electron chi connectivity index (χ2n) is 6.62. The van der Waals surface area contributed by atoms with Crippen LogP contribution in [0, 0.1) is 0 Å². The molecule has 0 atom stereocenters. The lowest BCUT2D eigenvalue weighted by Crippen LogP contribution is -2.37. The highest BCUT2D eigenvalue weighted by atomic mass is 127. The fraction of sp³-hybridized carbons (Fsp3) is 0.650. The van der Waals surface area contributed by atoms with Gasteiger partial charge in [0, 0.05) is 39.8 Å². The number of unbranched alkanes of at least 4 members (excludes halogenated alkanes) is 3. The molecule has 2 rings (SSSR count). The average molecular weight is 474 g/mol. The number of hydrogen-bond acceptors (Lipinski definition) is 3. The SMILES string of the molecule is CCCCCCNC(=NC)NCc1cccc(CN2CCOCC2)c1.I.